The molecule has 1 fully saturated rings. The van der Waals surface area contributed by atoms with Crippen molar-refractivity contribution in [3.63, 3.8) is 0 Å². The molecule has 0 radical (unpaired) electrons. The number of thiazole rings is 1. The number of hydrazine groups is 2. The molecule has 0 amide bonds. The lowest BCUT2D eigenvalue weighted by Crippen LogP contribution is -2.38. The van der Waals surface area contributed by atoms with Gasteiger partial charge in [0, 0.05) is 36.1 Å². The van der Waals surface area contributed by atoms with Gasteiger partial charge in [-0.15, -0.1) is 16.9 Å². The summed E-state index contributed by atoms with van der Waals surface area (Å²) in [4.78, 5) is 9.04. The van der Waals surface area contributed by atoms with Gasteiger partial charge in [0.1, 0.15) is 6.07 Å². The van der Waals surface area contributed by atoms with Crippen molar-refractivity contribution in [2.45, 2.75) is 45.7 Å². The minimum atomic E-state index is -0.193. The Morgan fingerprint density at radius 3 is 2.87 bits per heavy atom. The number of aromatic nitrogens is 2. The lowest BCUT2D eigenvalue weighted by atomic mass is 9.96. The summed E-state index contributed by atoms with van der Waals surface area (Å²) in [7, 11) is 0. The van der Waals surface area contributed by atoms with Crippen LogP contribution in [0.4, 0.5) is 11.4 Å². The molecule has 2 aliphatic rings. The van der Waals surface area contributed by atoms with E-state index in [1.165, 1.54) is 12.8 Å². The average Bonchev–Trinajstić information content (AvgIpc) is 3.41. The summed E-state index contributed by atoms with van der Waals surface area (Å²) >= 11 is 8.42. The van der Waals surface area contributed by atoms with Crippen molar-refractivity contribution in [3.8, 4) is 6.07 Å². The summed E-state index contributed by atoms with van der Waals surface area (Å²) in [6, 6.07) is 12.7. The molecule has 10 heteroatoms. The number of fused-ring (bicyclic) bond motifs is 2. The van der Waals surface area contributed by atoms with E-state index in [0.717, 1.165) is 38.2 Å². The molecule has 4 N–H and O–H groups in total. The normalized spacial score (nSPS) is 16.3. The Balaban J connectivity index is 1.44. The van der Waals surface area contributed by atoms with E-state index in [4.69, 9.17) is 11.6 Å². The van der Waals surface area contributed by atoms with Crippen molar-refractivity contribution >= 4 is 55.4 Å². The number of rotatable bonds is 7. The monoisotopic (exact) mass is 544 g/mol. The molecule has 0 bridgehead atoms. The number of hydrogen-bond acceptors (Lipinski definition) is 9. The van der Waals surface area contributed by atoms with E-state index in [1.807, 2.05) is 29.8 Å². The van der Waals surface area contributed by atoms with E-state index in [1.54, 1.807) is 17.5 Å². The van der Waals surface area contributed by atoms with Gasteiger partial charge in [-0.3, -0.25) is 9.99 Å². The van der Waals surface area contributed by atoms with Crippen molar-refractivity contribution in [2.24, 2.45) is 5.41 Å². The molecule has 2 aromatic carbocycles. The maximum atomic E-state index is 9.83. The van der Waals surface area contributed by atoms with E-state index < -0.39 is 0 Å². The van der Waals surface area contributed by atoms with Crippen LogP contribution in [-0.2, 0) is 0 Å². The van der Waals surface area contributed by atoms with Crippen molar-refractivity contribution in [2.75, 3.05) is 17.2 Å². The first-order valence-corrected chi connectivity index (χ1v) is 13.9. The minimum absolute atomic E-state index is 0.0293. The highest BCUT2D eigenvalue weighted by Gasteiger charge is 2.33. The van der Waals surface area contributed by atoms with Gasteiger partial charge in [-0.1, -0.05) is 44.5 Å². The van der Waals surface area contributed by atoms with Crippen LogP contribution in [-0.4, -0.2) is 27.6 Å². The first-order chi connectivity index (χ1) is 18.3. The Labute approximate surface area is 230 Å². The number of nitrogens with one attached hydrogen (secondary N) is 4. The number of anilines is 2. The molecule has 6 rings (SSSR count). The quantitative estimate of drug-likeness (QED) is 0.215. The van der Waals surface area contributed by atoms with Crippen LogP contribution >= 0.6 is 22.9 Å². The number of nitrogens with zero attached hydrogens (tertiary/aromatic N) is 4. The zero-order chi connectivity index (χ0) is 26.4. The van der Waals surface area contributed by atoms with Crippen molar-refractivity contribution in [3.05, 3.63) is 70.1 Å². The van der Waals surface area contributed by atoms with Gasteiger partial charge in [0.15, 0.2) is 0 Å². The fourth-order valence-electron chi connectivity index (χ4n) is 4.64. The number of pyridine rings is 1. The summed E-state index contributed by atoms with van der Waals surface area (Å²) in [6.07, 6.45) is 6.09. The van der Waals surface area contributed by atoms with Gasteiger partial charge in [0.05, 0.1) is 49.3 Å². The van der Waals surface area contributed by atoms with Gasteiger partial charge in [-0.25, -0.2) is 4.98 Å². The molecule has 1 saturated carbocycles. The molecule has 2 aromatic heterocycles. The fourth-order valence-corrected chi connectivity index (χ4v) is 5.74. The van der Waals surface area contributed by atoms with Crippen molar-refractivity contribution < 1.29 is 0 Å². The first-order valence-electron chi connectivity index (χ1n) is 12.7. The molecule has 8 nitrogen and oxygen atoms in total. The third-order valence-electron chi connectivity index (χ3n) is 6.71. The molecule has 38 heavy (non-hydrogen) atoms. The van der Waals surface area contributed by atoms with E-state index in [-0.39, 0.29) is 11.5 Å². The van der Waals surface area contributed by atoms with Crippen LogP contribution in [0.25, 0.3) is 21.1 Å². The number of halogens is 1. The third-order valence-corrected chi connectivity index (χ3v) is 7.89. The Kier molecular flexibility index (Phi) is 6.26. The lowest BCUT2D eigenvalue weighted by molar-refractivity contribution is 0.260. The SMILES string of the molecule is CC(C)(C)CNc1c(C#N)cnc2c(Cl)cc(N[C@H](C3=CN(C4CC4)NN3)c3cccc4ncsc34)cc12. The number of nitriles is 1. The predicted octanol–water partition coefficient (Wildman–Crippen LogP) is 6.31. The van der Waals surface area contributed by atoms with Crippen LogP contribution in [0.3, 0.4) is 0 Å². The van der Waals surface area contributed by atoms with Crippen molar-refractivity contribution in [1.82, 2.24) is 25.9 Å². The smallest absolute Gasteiger partial charge is 0.103 e. The Hall–Kier alpha value is -3.58. The summed E-state index contributed by atoms with van der Waals surface area (Å²) in [6.45, 7) is 7.16. The van der Waals surface area contributed by atoms with Gasteiger partial charge in [0.2, 0.25) is 0 Å². The zero-order valence-corrected chi connectivity index (χ0v) is 23.0. The molecule has 194 valence electrons. The van der Waals surface area contributed by atoms with Gasteiger partial charge >= 0.3 is 0 Å². The van der Waals surface area contributed by atoms with E-state index in [0.29, 0.717) is 28.7 Å². The summed E-state index contributed by atoms with van der Waals surface area (Å²) in [5.41, 5.74) is 14.4. The largest absolute Gasteiger partial charge is 0.383 e. The maximum Gasteiger partial charge on any atom is 0.103 e. The molecule has 4 aromatic rings. The van der Waals surface area contributed by atoms with Crippen LogP contribution in [0.15, 0.2) is 53.9 Å². The molecule has 0 spiro atoms. The Morgan fingerprint density at radius 1 is 1.26 bits per heavy atom. The second-order valence-corrected chi connectivity index (χ2v) is 12.3. The zero-order valence-electron chi connectivity index (χ0n) is 21.5. The maximum absolute atomic E-state index is 9.83. The van der Waals surface area contributed by atoms with E-state index in [2.05, 4.69) is 75.7 Å². The standard InChI is InChI=1S/C28H29ClN8S/c1-28(2,3)14-32-24-16(11-30)12-31-25-20(24)9-17(10-21(25)29)34-26(23-13-37(36-35-23)18-7-8-18)19-5-4-6-22-27(19)38-15-33-22/h4-6,9-10,12-13,15,18,26,34-36H,7-8,14H2,1-3H3,(H,31,32)/t26-/m0/s1. The topological polar surface area (TPSA) is 101 Å². The Morgan fingerprint density at radius 2 is 2.11 bits per heavy atom. The molecule has 3 heterocycles. The van der Waals surface area contributed by atoms with E-state index >= 15 is 0 Å². The van der Waals surface area contributed by atoms with E-state index in [9.17, 15) is 5.26 Å². The summed E-state index contributed by atoms with van der Waals surface area (Å²) in [5.74, 6) is 0. The molecule has 1 aliphatic heterocycles. The average molecular weight is 545 g/mol. The third kappa shape index (κ3) is 4.83. The molecule has 1 atom stereocenters. The number of hydrogen-bond donors (Lipinski definition) is 4. The second kappa shape index (κ2) is 9.62. The van der Waals surface area contributed by atoms with Crippen LogP contribution in [0.5, 0.6) is 0 Å². The van der Waals surface area contributed by atoms with Gasteiger partial charge in [-0.2, -0.15) is 5.26 Å². The van der Waals surface area contributed by atoms with Gasteiger partial charge < -0.3 is 16.1 Å². The number of benzene rings is 2. The minimum Gasteiger partial charge on any atom is -0.383 e. The van der Waals surface area contributed by atoms with Crippen LogP contribution in [0.2, 0.25) is 5.02 Å². The first kappa shape index (κ1) is 24.7. The highest BCUT2D eigenvalue weighted by Crippen LogP contribution is 2.38. The molecular weight excluding hydrogens is 516 g/mol. The Bertz CT molecular complexity index is 1590. The van der Waals surface area contributed by atoms with Crippen LogP contribution in [0.1, 0.15) is 50.8 Å². The van der Waals surface area contributed by atoms with Gasteiger partial charge in [-0.05, 0) is 42.0 Å². The second-order valence-electron chi connectivity index (χ2n) is 11.0. The highest BCUT2D eigenvalue weighted by molar-refractivity contribution is 7.17. The molecular formula is C28H29ClN8S. The summed E-state index contributed by atoms with van der Waals surface area (Å²) in [5, 5.41) is 20.5. The molecule has 0 saturated heterocycles. The molecule has 1 aliphatic carbocycles. The predicted molar refractivity (Wildman–Crippen MR) is 155 cm³/mol. The van der Waals surface area contributed by atoms with Crippen molar-refractivity contribution in [1.29, 1.82) is 5.26 Å². The van der Waals surface area contributed by atoms with Crippen LogP contribution in [0, 0.1) is 16.7 Å². The fraction of sp³-hybridized carbons (Fsp3) is 0.321. The lowest BCUT2D eigenvalue weighted by Gasteiger charge is -2.24. The molecule has 0 unspecified atom stereocenters. The van der Waals surface area contributed by atoms with Crippen LogP contribution < -0.4 is 21.6 Å². The summed E-state index contributed by atoms with van der Waals surface area (Å²) < 4.78 is 1.13. The van der Waals surface area contributed by atoms with Gasteiger partial charge in [0.25, 0.3) is 0 Å². The highest BCUT2D eigenvalue weighted by atomic mass is 35.5.